The molecule has 2 aromatic heterocycles. The molecule has 0 amide bonds. The number of hydrogen-bond donors (Lipinski definition) is 1. The summed E-state index contributed by atoms with van der Waals surface area (Å²) in [5, 5.41) is 11.4. The maximum Gasteiger partial charge on any atom is 0.490 e. The Bertz CT molecular complexity index is 1170. The predicted octanol–water partition coefficient (Wildman–Crippen LogP) is 3.10. The van der Waals surface area contributed by atoms with Crippen molar-refractivity contribution in [2.45, 2.75) is 37.9 Å². The lowest BCUT2D eigenvalue weighted by Gasteiger charge is -2.35. The third-order valence-corrected chi connectivity index (χ3v) is 6.08. The minimum Gasteiger partial charge on any atom is -0.497 e. The van der Waals surface area contributed by atoms with Crippen LogP contribution in [0.1, 0.15) is 17.8 Å². The smallest absolute Gasteiger partial charge is 0.490 e. The van der Waals surface area contributed by atoms with Crippen LogP contribution in [0.2, 0.25) is 0 Å². The van der Waals surface area contributed by atoms with Gasteiger partial charge in [-0.15, -0.1) is 0 Å². The molecule has 1 fully saturated rings. The summed E-state index contributed by atoms with van der Waals surface area (Å²) in [6.07, 6.45) is 1.94. The van der Waals surface area contributed by atoms with Crippen LogP contribution >= 0.6 is 0 Å². The first-order valence-corrected chi connectivity index (χ1v) is 10.9. The second-order valence-corrected chi connectivity index (χ2v) is 8.63. The van der Waals surface area contributed by atoms with E-state index in [0.717, 1.165) is 55.4 Å². The predicted molar refractivity (Wildman–Crippen MR) is 119 cm³/mol. The van der Waals surface area contributed by atoms with E-state index in [9.17, 15) is 13.2 Å². The fourth-order valence-electron chi connectivity index (χ4n) is 4.37. The fraction of sp³-hybridized carbons (Fsp3) is 0.435. The standard InChI is InChI=1S/C21H25N5O2.C2HF3O2/c1-24-11-16(9-23-24)12-25-8-7-21(14-25)15-26-19(10-22-20(26)13-28-21)17-3-5-18(27-2)6-4-17;3-2(4,5)1(6)7/h3-6,9-11H,7-8,12-15H2,1-2H3;(H,6,7). The first-order chi connectivity index (χ1) is 16.6. The minimum atomic E-state index is -5.08. The Kier molecular flexibility index (Phi) is 6.86. The van der Waals surface area contributed by atoms with Gasteiger partial charge >= 0.3 is 12.1 Å². The fourth-order valence-corrected chi connectivity index (χ4v) is 4.37. The minimum absolute atomic E-state index is 0.142. The van der Waals surface area contributed by atoms with Crippen LogP contribution in [0.4, 0.5) is 13.2 Å². The van der Waals surface area contributed by atoms with Gasteiger partial charge in [-0.2, -0.15) is 18.3 Å². The molecule has 1 atom stereocenters. The van der Waals surface area contributed by atoms with Crippen LogP contribution in [0.5, 0.6) is 5.75 Å². The van der Waals surface area contributed by atoms with Gasteiger partial charge in [0.05, 0.1) is 31.7 Å². The molecule has 5 rings (SSSR count). The van der Waals surface area contributed by atoms with E-state index in [2.05, 4.69) is 37.9 Å². The summed E-state index contributed by atoms with van der Waals surface area (Å²) in [5.41, 5.74) is 3.40. The molecule has 35 heavy (non-hydrogen) atoms. The van der Waals surface area contributed by atoms with Gasteiger partial charge in [0.1, 0.15) is 23.8 Å². The molecule has 1 saturated heterocycles. The molecule has 0 saturated carbocycles. The van der Waals surface area contributed by atoms with Crippen LogP contribution in [0, 0.1) is 0 Å². The quantitative estimate of drug-likeness (QED) is 0.597. The van der Waals surface area contributed by atoms with Crippen molar-refractivity contribution < 1.29 is 32.5 Å². The summed E-state index contributed by atoms with van der Waals surface area (Å²) in [6.45, 7) is 4.30. The van der Waals surface area contributed by atoms with E-state index in [1.165, 1.54) is 5.56 Å². The van der Waals surface area contributed by atoms with E-state index in [-0.39, 0.29) is 5.60 Å². The van der Waals surface area contributed by atoms with E-state index in [1.54, 1.807) is 7.11 Å². The van der Waals surface area contributed by atoms with Crippen molar-refractivity contribution in [1.29, 1.82) is 0 Å². The monoisotopic (exact) mass is 493 g/mol. The molecule has 0 bridgehead atoms. The molecule has 1 N–H and O–H groups in total. The molecule has 3 aromatic rings. The maximum atomic E-state index is 10.6. The number of aromatic nitrogens is 4. The number of nitrogens with zero attached hydrogens (tertiary/aromatic N) is 5. The van der Waals surface area contributed by atoms with Gasteiger partial charge in [0.25, 0.3) is 0 Å². The van der Waals surface area contributed by atoms with Crippen molar-refractivity contribution in [2.75, 3.05) is 20.2 Å². The van der Waals surface area contributed by atoms with Crippen LogP contribution in [0.15, 0.2) is 42.9 Å². The number of ether oxygens (including phenoxy) is 2. The largest absolute Gasteiger partial charge is 0.497 e. The number of carboxylic acid groups (broad SMARTS) is 1. The summed E-state index contributed by atoms with van der Waals surface area (Å²) in [4.78, 5) is 16.0. The highest BCUT2D eigenvalue weighted by Gasteiger charge is 2.43. The molecule has 4 heterocycles. The molecule has 1 spiro atoms. The van der Waals surface area contributed by atoms with E-state index >= 15 is 0 Å². The van der Waals surface area contributed by atoms with E-state index < -0.39 is 12.1 Å². The average molecular weight is 493 g/mol. The summed E-state index contributed by atoms with van der Waals surface area (Å²) in [6, 6.07) is 8.17. The topological polar surface area (TPSA) is 94.6 Å². The maximum absolute atomic E-state index is 10.6. The third-order valence-electron chi connectivity index (χ3n) is 6.08. The molecule has 12 heteroatoms. The Hall–Kier alpha value is -3.38. The van der Waals surface area contributed by atoms with Crippen LogP contribution in [0.3, 0.4) is 0 Å². The normalized spacial score (nSPS) is 19.8. The first-order valence-electron chi connectivity index (χ1n) is 10.9. The highest BCUT2D eigenvalue weighted by molar-refractivity contribution is 5.73. The Morgan fingerprint density at radius 3 is 2.54 bits per heavy atom. The average Bonchev–Trinajstić information content (AvgIpc) is 3.53. The van der Waals surface area contributed by atoms with Gasteiger partial charge in [-0.1, -0.05) is 0 Å². The SMILES string of the molecule is COc1ccc(-c2cnc3n2CC2(CCN(Cc4cnn(C)c4)C2)OC3)cc1.O=C(O)C(F)(F)F. The number of alkyl halides is 3. The zero-order chi connectivity index (χ0) is 25.2. The van der Waals surface area contributed by atoms with Crippen molar-refractivity contribution in [3.8, 4) is 17.0 Å². The number of imidazole rings is 1. The van der Waals surface area contributed by atoms with Crippen LogP contribution in [-0.2, 0) is 36.3 Å². The summed E-state index contributed by atoms with van der Waals surface area (Å²) < 4.78 is 47.6. The van der Waals surface area contributed by atoms with Gasteiger partial charge in [0, 0.05) is 44.0 Å². The number of halogens is 3. The lowest BCUT2D eigenvalue weighted by Crippen LogP contribution is -2.44. The van der Waals surface area contributed by atoms with E-state index in [0.29, 0.717) is 6.61 Å². The van der Waals surface area contributed by atoms with Gasteiger partial charge < -0.3 is 19.1 Å². The molecule has 9 nitrogen and oxygen atoms in total. The van der Waals surface area contributed by atoms with Gasteiger partial charge in [0.2, 0.25) is 0 Å². The van der Waals surface area contributed by atoms with Crippen molar-refractivity contribution in [3.05, 3.63) is 54.2 Å². The van der Waals surface area contributed by atoms with E-state index in [4.69, 9.17) is 19.4 Å². The summed E-state index contributed by atoms with van der Waals surface area (Å²) in [5.74, 6) is -0.890. The molecule has 2 aliphatic heterocycles. The molecule has 188 valence electrons. The van der Waals surface area contributed by atoms with Gasteiger partial charge in [-0.3, -0.25) is 9.58 Å². The second kappa shape index (κ2) is 9.70. The molecular weight excluding hydrogens is 467 g/mol. The van der Waals surface area contributed by atoms with E-state index in [1.807, 2.05) is 36.3 Å². The number of likely N-dealkylation sites (tertiary alicyclic amines) is 1. The van der Waals surface area contributed by atoms with Crippen molar-refractivity contribution in [2.24, 2.45) is 7.05 Å². The number of aliphatic carboxylic acids is 1. The Balaban J connectivity index is 0.000000364. The molecule has 0 radical (unpaired) electrons. The Labute approximate surface area is 199 Å². The zero-order valence-corrected chi connectivity index (χ0v) is 19.3. The van der Waals surface area contributed by atoms with Crippen molar-refractivity contribution in [1.82, 2.24) is 24.2 Å². The number of aryl methyl sites for hydroxylation is 1. The number of rotatable bonds is 4. The first kappa shape index (κ1) is 24.7. The Morgan fingerprint density at radius 2 is 1.94 bits per heavy atom. The van der Waals surface area contributed by atoms with Crippen molar-refractivity contribution in [3.63, 3.8) is 0 Å². The number of benzene rings is 1. The third kappa shape index (κ3) is 5.65. The van der Waals surface area contributed by atoms with Crippen LogP contribution in [-0.4, -0.2) is 67.3 Å². The molecule has 1 unspecified atom stereocenters. The lowest BCUT2D eigenvalue weighted by molar-refractivity contribution is -0.192. The zero-order valence-electron chi connectivity index (χ0n) is 19.3. The number of carbonyl (C=O) groups is 1. The molecular formula is C23H26F3N5O4. The van der Waals surface area contributed by atoms with Gasteiger partial charge in [0.15, 0.2) is 0 Å². The van der Waals surface area contributed by atoms with Crippen LogP contribution in [0.25, 0.3) is 11.3 Å². The van der Waals surface area contributed by atoms with Gasteiger partial charge in [-0.25, -0.2) is 9.78 Å². The highest BCUT2D eigenvalue weighted by Crippen LogP contribution is 2.35. The van der Waals surface area contributed by atoms with Crippen LogP contribution < -0.4 is 4.74 Å². The van der Waals surface area contributed by atoms with Crippen molar-refractivity contribution >= 4 is 5.97 Å². The van der Waals surface area contributed by atoms with Gasteiger partial charge in [-0.05, 0) is 30.7 Å². The Morgan fingerprint density at radius 1 is 1.23 bits per heavy atom. The lowest BCUT2D eigenvalue weighted by atomic mass is 10.0. The molecule has 0 aliphatic carbocycles. The number of carboxylic acids is 1. The molecule has 1 aromatic carbocycles. The number of fused-ring (bicyclic) bond motifs is 1. The molecule has 2 aliphatic rings. The number of hydrogen-bond acceptors (Lipinski definition) is 6. The summed E-state index contributed by atoms with van der Waals surface area (Å²) >= 11 is 0. The number of methoxy groups -OCH3 is 1. The summed E-state index contributed by atoms with van der Waals surface area (Å²) in [7, 11) is 3.65. The second-order valence-electron chi connectivity index (χ2n) is 8.63. The highest BCUT2D eigenvalue weighted by atomic mass is 19.4.